The highest BCUT2D eigenvalue weighted by Gasteiger charge is 2.07. The van der Waals surface area contributed by atoms with Crippen LogP contribution in [0.3, 0.4) is 0 Å². The molecule has 2 aromatic heterocycles. The average Bonchev–Trinajstić information content (AvgIpc) is 2.71. The Morgan fingerprint density at radius 3 is 2.87 bits per heavy atom. The van der Waals surface area contributed by atoms with Crippen molar-refractivity contribution in [3.05, 3.63) is 54.2 Å². The van der Waals surface area contributed by atoms with Gasteiger partial charge in [-0.1, -0.05) is 6.07 Å². The SMILES string of the molecule is OC(Cc1ccoc1)Cc1ccccn1. The Labute approximate surface area is 88.4 Å². The topological polar surface area (TPSA) is 46.3 Å². The summed E-state index contributed by atoms with van der Waals surface area (Å²) in [7, 11) is 0. The number of furan rings is 1. The predicted octanol–water partition coefficient (Wildman–Crippen LogP) is 1.82. The molecular formula is C12H13NO2. The van der Waals surface area contributed by atoms with Crippen molar-refractivity contribution >= 4 is 0 Å². The Morgan fingerprint density at radius 1 is 1.27 bits per heavy atom. The zero-order chi connectivity index (χ0) is 10.5. The minimum Gasteiger partial charge on any atom is -0.472 e. The van der Waals surface area contributed by atoms with Gasteiger partial charge in [0.25, 0.3) is 0 Å². The van der Waals surface area contributed by atoms with E-state index < -0.39 is 6.10 Å². The summed E-state index contributed by atoms with van der Waals surface area (Å²) in [5, 5.41) is 9.79. The molecule has 0 fully saturated rings. The van der Waals surface area contributed by atoms with Gasteiger partial charge >= 0.3 is 0 Å². The normalized spacial score (nSPS) is 12.6. The quantitative estimate of drug-likeness (QED) is 0.824. The molecule has 0 amide bonds. The molecule has 0 spiro atoms. The Morgan fingerprint density at radius 2 is 2.20 bits per heavy atom. The maximum Gasteiger partial charge on any atom is 0.0935 e. The molecule has 0 aliphatic rings. The van der Waals surface area contributed by atoms with Gasteiger partial charge in [-0.3, -0.25) is 4.98 Å². The van der Waals surface area contributed by atoms with Gasteiger partial charge in [-0.15, -0.1) is 0 Å². The van der Waals surface area contributed by atoms with Crippen LogP contribution in [0, 0.1) is 0 Å². The highest BCUT2D eigenvalue weighted by atomic mass is 16.3. The lowest BCUT2D eigenvalue weighted by molar-refractivity contribution is 0.174. The van der Waals surface area contributed by atoms with Gasteiger partial charge in [-0.2, -0.15) is 0 Å². The Kier molecular flexibility index (Phi) is 3.15. The minimum absolute atomic E-state index is 0.405. The summed E-state index contributed by atoms with van der Waals surface area (Å²) in [6, 6.07) is 7.57. The van der Waals surface area contributed by atoms with Crippen LogP contribution in [0.15, 0.2) is 47.4 Å². The van der Waals surface area contributed by atoms with Crippen LogP contribution in [0.2, 0.25) is 0 Å². The lowest BCUT2D eigenvalue weighted by Gasteiger charge is -2.07. The van der Waals surface area contributed by atoms with Gasteiger partial charge in [0.05, 0.1) is 18.6 Å². The summed E-state index contributed by atoms with van der Waals surface area (Å²) < 4.78 is 4.94. The highest BCUT2D eigenvalue weighted by Crippen LogP contribution is 2.07. The molecule has 3 nitrogen and oxygen atoms in total. The first-order chi connectivity index (χ1) is 7.34. The van der Waals surface area contributed by atoms with E-state index in [0.717, 1.165) is 11.3 Å². The number of pyridine rings is 1. The molecule has 15 heavy (non-hydrogen) atoms. The number of nitrogens with zero attached hydrogens (tertiary/aromatic N) is 1. The number of aliphatic hydroxyl groups excluding tert-OH is 1. The van der Waals surface area contributed by atoms with E-state index in [1.165, 1.54) is 0 Å². The van der Waals surface area contributed by atoms with Crippen LogP contribution < -0.4 is 0 Å². The molecule has 0 aromatic carbocycles. The van der Waals surface area contributed by atoms with Crippen molar-refractivity contribution < 1.29 is 9.52 Å². The molecule has 78 valence electrons. The maximum atomic E-state index is 9.79. The van der Waals surface area contributed by atoms with Crippen molar-refractivity contribution in [3.63, 3.8) is 0 Å². The van der Waals surface area contributed by atoms with Gasteiger partial charge < -0.3 is 9.52 Å². The summed E-state index contributed by atoms with van der Waals surface area (Å²) >= 11 is 0. The van der Waals surface area contributed by atoms with Crippen LogP contribution in [0.5, 0.6) is 0 Å². The molecule has 0 bridgehead atoms. The van der Waals surface area contributed by atoms with E-state index >= 15 is 0 Å². The van der Waals surface area contributed by atoms with Gasteiger partial charge in [0.1, 0.15) is 0 Å². The molecule has 2 heterocycles. The molecule has 0 aliphatic carbocycles. The zero-order valence-corrected chi connectivity index (χ0v) is 8.34. The van der Waals surface area contributed by atoms with E-state index in [4.69, 9.17) is 4.42 Å². The third kappa shape index (κ3) is 2.92. The van der Waals surface area contributed by atoms with E-state index in [1.54, 1.807) is 18.7 Å². The van der Waals surface area contributed by atoms with Gasteiger partial charge in [-0.25, -0.2) is 0 Å². The Bertz CT molecular complexity index is 383. The summed E-state index contributed by atoms with van der Waals surface area (Å²) in [4.78, 5) is 4.16. The lowest BCUT2D eigenvalue weighted by Crippen LogP contribution is -2.14. The number of hydrogen-bond acceptors (Lipinski definition) is 3. The standard InChI is InChI=1S/C12H13NO2/c14-12(7-10-4-6-15-9-10)8-11-3-1-2-5-13-11/h1-6,9,12,14H,7-8H2. The zero-order valence-electron chi connectivity index (χ0n) is 8.34. The first-order valence-corrected chi connectivity index (χ1v) is 4.93. The fraction of sp³-hybridized carbons (Fsp3) is 0.250. The molecule has 2 aromatic rings. The van der Waals surface area contributed by atoms with Crippen molar-refractivity contribution in [2.45, 2.75) is 18.9 Å². The fourth-order valence-electron chi connectivity index (χ4n) is 1.51. The smallest absolute Gasteiger partial charge is 0.0935 e. The number of aliphatic hydroxyl groups is 1. The monoisotopic (exact) mass is 203 g/mol. The van der Waals surface area contributed by atoms with Gasteiger partial charge in [0.15, 0.2) is 0 Å². The third-order valence-electron chi connectivity index (χ3n) is 2.22. The fourth-order valence-corrected chi connectivity index (χ4v) is 1.51. The first kappa shape index (κ1) is 9.93. The van der Waals surface area contributed by atoms with Crippen molar-refractivity contribution in [2.24, 2.45) is 0 Å². The Hall–Kier alpha value is -1.61. The molecule has 0 radical (unpaired) electrons. The minimum atomic E-state index is -0.405. The van der Waals surface area contributed by atoms with Crippen LogP contribution in [0.25, 0.3) is 0 Å². The number of hydrogen-bond donors (Lipinski definition) is 1. The van der Waals surface area contributed by atoms with Crippen LogP contribution in [0.1, 0.15) is 11.3 Å². The van der Waals surface area contributed by atoms with E-state index in [2.05, 4.69) is 4.98 Å². The highest BCUT2D eigenvalue weighted by molar-refractivity contribution is 5.09. The van der Waals surface area contributed by atoms with Crippen LogP contribution in [-0.4, -0.2) is 16.2 Å². The van der Waals surface area contributed by atoms with Crippen LogP contribution in [-0.2, 0) is 12.8 Å². The van der Waals surface area contributed by atoms with Gasteiger partial charge in [-0.05, 0) is 23.8 Å². The molecule has 1 atom stereocenters. The predicted molar refractivity (Wildman–Crippen MR) is 56.4 cm³/mol. The average molecular weight is 203 g/mol. The van der Waals surface area contributed by atoms with E-state index in [-0.39, 0.29) is 0 Å². The molecular weight excluding hydrogens is 190 g/mol. The second-order valence-electron chi connectivity index (χ2n) is 3.51. The van der Waals surface area contributed by atoms with Gasteiger partial charge in [0, 0.05) is 24.7 Å². The molecule has 0 saturated heterocycles. The second kappa shape index (κ2) is 4.75. The summed E-state index contributed by atoms with van der Waals surface area (Å²) in [5.74, 6) is 0. The summed E-state index contributed by atoms with van der Waals surface area (Å²) in [6.07, 6.45) is 5.78. The molecule has 0 saturated carbocycles. The number of aromatic nitrogens is 1. The molecule has 3 heteroatoms. The molecule has 0 aliphatic heterocycles. The molecule has 2 rings (SSSR count). The van der Waals surface area contributed by atoms with Crippen LogP contribution >= 0.6 is 0 Å². The van der Waals surface area contributed by atoms with E-state index in [1.807, 2.05) is 24.3 Å². The van der Waals surface area contributed by atoms with E-state index in [0.29, 0.717) is 12.8 Å². The van der Waals surface area contributed by atoms with Crippen molar-refractivity contribution in [2.75, 3.05) is 0 Å². The Balaban J connectivity index is 1.90. The van der Waals surface area contributed by atoms with Crippen LogP contribution in [0.4, 0.5) is 0 Å². The summed E-state index contributed by atoms with van der Waals surface area (Å²) in [6.45, 7) is 0. The third-order valence-corrected chi connectivity index (χ3v) is 2.22. The van der Waals surface area contributed by atoms with Crippen molar-refractivity contribution in [3.8, 4) is 0 Å². The summed E-state index contributed by atoms with van der Waals surface area (Å²) in [5.41, 5.74) is 1.92. The van der Waals surface area contributed by atoms with E-state index in [9.17, 15) is 5.11 Å². The molecule has 1 N–H and O–H groups in total. The van der Waals surface area contributed by atoms with Crippen molar-refractivity contribution in [1.82, 2.24) is 4.98 Å². The maximum absolute atomic E-state index is 9.79. The van der Waals surface area contributed by atoms with Crippen molar-refractivity contribution in [1.29, 1.82) is 0 Å². The number of rotatable bonds is 4. The first-order valence-electron chi connectivity index (χ1n) is 4.93. The molecule has 1 unspecified atom stereocenters. The largest absolute Gasteiger partial charge is 0.472 e. The van der Waals surface area contributed by atoms with Gasteiger partial charge in [0.2, 0.25) is 0 Å². The lowest BCUT2D eigenvalue weighted by atomic mass is 10.1. The second-order valence-corrected chi connectivity index (χ2v) is 3.51.